The molecule has 1 fully saturated rings. The Balaban J connectivity index is 2.30. The first kappa shape index (κ1) is 5.67. The van der Waals surface area contributed by atoms with Crippen LogP contribution in [-0.4, -0.2) is 17.4 Å². The first-order valence-electron chi connectivity index (χ1n) is 2.22. The number of rotatable bonds is 1. The summed E-state index contributed by atoms with van der Waals surface area (Å²) in [5.41, 5.74) is 0. The van der Waals surface area contributed by atoms with E-state index in [0.29, 0.717) is 6.04 Å². The number of alkyl halides is 2. The number of hydrogen-bond acceptors (Lipinski definition) is 1. The molecule has 1 atom stereocenters. The fraction of sp³-hybridized carbons (Fsp3) is 1.00. The van der Waals surface area contributed by atoms with Gasteiger partial charge in [0.05, 0.1) is 0 Å². The average Bonchev–Trinajstić information content (AvgIpc) is 2.13. The van der Waals surface area contributed by atoms with Gasteiger partial charge in [0.15, 0.2) is 0 Å². The Labute approximate surface area is 53.0 Å². The van der Waals surface area contributed by atoms with E-state index < -0.39 is 4.33 Å². The van der Waals surface area contributed by atoms with Crippen LogP contribution >= 0.6 is 23.2 Å². The molecule has 1 N–H and O–H groups in total. The minimum absolute atomic E-state index is 0.329. The lowest BCUT2D eigenvalue weighted by atomic mass is 10.7. The molecular formula is C4H7Cl2N. The van der Waals surface area contributed by atoms with Gasteiger partial charge in [-0.15, -0.1) is 0 Å². The fourth-order valence-electron chi connectivity index (χ4n) is 0.526. The minimum Gasteiger partial charge on any atom is -0.314 e. The molecular weight excluding hydrogens is 133 g/mol. The molecule has 3 heteroatoms. The molecule has 7 heavy (non-hydrogen) atoms. The van der Waals surface area contributed by atoms with E-state index in [1.807, 2.05) is 7.05 Å². The second-order valence-electron chi connectivity index (χ2n) is 1.81. The van der Waals surface area contributed by atoms with Crippen molar-refractivity contribution in [1.29, 1.82) is 0 Å². The van der Waals surface area contributed by atoms with Gasteiger partial charge >= 0.3 is 0 Å². The molecule has 0 spiro atoms. The summed E-state index contributed by atoms with van der Waals surface area (Å²) in [5.74, 6) is 0. The van der Waals surface area contributed by atoms with Crippen LogP contribution in [0.25, 0.3) is 0 Å². The molecule has 1 saturated carbocycles. The zero-order valence-electron chi connectivity index (χ0n) is 4.04. The molecule has 1 rings (SSSR count). The van der Waals surface area contributed by atoms with Gasteiger partial charge in [0.1, 0.15) is 4.33 Å². The predicted octanol–water partition coefficient (Wildman–Crippen LogP) is 1.15. The van der Waals surface area contributed by atoms with E-state index in [9.17, 15) is 0 Å². The third kappa shape index (κ3) is 1.01. The molecule has 0 aromatic rings. The Bertz CT molecular complexity index is 81.8. The standard InChI is InChI=1S/C4H7Cl2N/c1-7-3-2-4(3,5)6/h3,7H,2H2,1H3/t3-/m0/s1. The first-order chi connectivity index (χ1) is 3.17. The Kier molecular flexibility index (Phi) is 1.22. The summed E-state index contributed by atoms with van der Waals surface area (Å²) in [6, 6.07) is 0.329. The van der Waals surface area contributed by atoms with Crippen molar-refractivity contribution >= 4 is 23.2 Å². The van der Waals surface area contributed by atoms with E-state index in [1.54, 1.807) is 0 Å². The minimum atomic E-state index is -0.450. The molecule has 0 bridgehead atoms. The summed E-state index contributed by atoms with van der Waals surface area (Å²) in [4.78, 5) is 0. The van der Waals surface area contributed by atoms with Crippen LogP contribution in [0.3, 0.4) is 0 Å². The fourth-order valence-corrected chi connectivity index (χ4v) is 1.05. The number of hydrogen-bond donors (Lipinski definition) is 1. The second kappa shape index (κ2) is 1.51. The van der Waals surface area contributed by atoms with E-state index in [4.69, 9.17) is 23.2 Å². The normalized spacial score (nSPS) is 35.6. The molecule has 42 valence electrons. The molecule has 1 aliphatic rings. The van der Waals surface area contributed by atoms with E-state index >= 15 is 0 Å². The maximum atomic E-state index is 5.61. The molecule has 0 aliphatic heterocycles. The van der Waals surface area contributed by atoms with E-state index in [1.165, 1.54) is 0 Å². The van der Waals surface area contributed by atoms with Gasteiger partial charge in [-0.05, 0) is 7.05 Å². The van der Waals surface area contributed by atoms with Crippen molar-refractivity contribution in [3.63, 3.8) is 0 Å². The predicted molar refractivity (Wildman–Crippen MR) is 31.9 cm³/mol. The lowest BCUT2D eigenvalue weighted by molar-refractivity contribution is 0.802. The van der Waals surface area contributed by atoms with Gasteiger partial charge < -0.3 is 5.32 Å². The van der Waals surface area contributed by atoms with Crippen molar-refractivity contribution in [2.45, 2.75) is 16.8 Å². The van der Waals surface area contributed by atoms with Crippen molar-refractivity contribution in [3.8, 4) is 0 Å². The van der Waals surface area contributed by atoms with Crippen molar-refractivity contribution in [2.75, 3.05) is 7.05 Å². The van der Waals surface area contributed by atoms with Crippen LogP contribution in [0, 0.1) is 0 Å². The van der Waals surface area contributed by atoms with Gasteiger partial charge in [-0.25, -0.2) is 0 Å². The Hall–Kier alpha value is 0.540. The van der Waals surface area contributed by atoms with Gasteiger partial charge in [-0.2, -0.15) is 0 Å². The van der Waals surface area contributed by atoms with Crippen molar-refractivity contribution < 1.29 is 0 Å². The van der Waals surface area contributed by atoms with Gasteiger partial charge in [-0.1, -0.05) is 23.2 Å². The molecule has 0 heterocycles. The van der Waals surface area contributed by atoms with E-state index in [2.05, 4.69) is 5.32 Å². The Morgan fingerprint density at radius 1 is 1.71 bits per heavy atom. The summed E-state index contributed by atoms with van der Waals surface area (Å²) < 4.78 is -0.450. The molecule has 0 unspecified atom stereocenters. The van der Waals surface area contributed by atoms with Crippen LogP contribution in [0.2, 0.25) is 0 Å². The van der Waals surface area contributed by atoms with Gasteiger partial charge in [0.2, 0.25) is 0 Å². The van der Waals surface area contributed by atoms with Gasteiger partial charge in [0.25, 0.3) is 0 Å². The first-order valence-corrected chi connectivity index (χ1v) is 2.97. The van der Waals surface area contributed by atoms with Crippen LogP contribution in [0.5, 0.6) is 0 Å². The molecule has 1 nitrogen and oxygen atoms in total. The maximum absolute atomic E-state index is 5.61. The molecule has 0 radical (unpaired) electrons. The number of halogens is 2. The van der Waals surface area contributed by atoms with Crippen LogP contribution < -0.4 is 5.32 Å². The van der Waals surface area contributed by atoms with Crippen molar-refractivity contribution in [3.05, 3.63) is 0 Å². The number of nitrogens with one attached hydrogen (secondary N) is 1. The van der Waals surface area contributed by atoms with Crippen molar-refractivity contribution in [2.24, 2.45) is 0 Å². The van der Waals surface area contributed by atoms with Crippen molar-refractivity contribution in [1.82, 2.24) is 5.32 Å². The highest BCUT2D eigenvalue weighted by molar-refractivity contribution is 6.51. The van der Waals surface area contributed by atoms with Gasteiger partial charge in [-0.3, -0.25) is 0 Å². The van der Waals surface area contributed by atoms with Crippen LogP contribution in [0.15, 0.2) is 0 Å². The zero-order valence-corrected chi connectivity index (χ0v) is 5.55. The Morgan fingerprint density at radius 2 is 2.14 bits per heavy atom. The molecule has 0 aromatic heterocycles. The largest absolute Gasteiger partial charge is 0.314 e. The lowest BCUT2D eigenvalue weighted by Gasteiger charge is -1.92. The summed E-state index contributed by atoms with van der Waals surface area (Å²) in [6.07, 6.45) is 0.882. The van der Waals surface area contributed by atoms with E-state index in [-0.39, 0.29) is 0 Å². The highest BCUT2D eigenvalue weighted by atomic mass is 35.5. The summed E-state index contributed by atoms with van der Waals surface area (Å²) in [5, 5.41) is 2.97. The molecule has 0 saturated heterocycles. The smallest absolute Gasteiger partial charge is 0.135 e. The van der Waals surface area contributed by atoms with Crippen LogP contribution in [0.4, 0.5) is 0 Å². The van der Waals surface area contributed by atoms with Crippen LogP contribution in [-0.2, 0) is 0 Å². The maximum Gasteiger partial charge on any atom is 0.135 e. The SMILES string of the molecule is CN[C@H]1CC1(Cl)Cl. The third-order valence-electron chi connectivity index (χ3n) is 1.17. The third-order valence-corrected chi connectivity index (χ3v) is 2.01. The highest BCUT2D eigenvalue weighted by Crippen LogP contribution is 2.46. The zero-order chi connectivity index (χ0) is 5.49. The Morgan fingerprint density at radius 3 is 2.14 bits per heavy atom. The monoisotopic (exact) mass is 139 g/mol. The average molecular weight is 140 g/mol. The molecule has 0 aromatic carbocycles. The van der Waals surface area contributed by atoms with Crippen LogP contribution in [0.1, 0.15) is 6.42 Å². The highest BCUT2D eigenvalue weighted by Gasteiger charge is 2.50. The van der Waals surface area contributed by atoms with E-state index in [0.717, 1.165) is 6.42 Å². The topological polar surface area (TPSA) is 12.0 Å². The quantitative estimate of drug-likeness (QED) is 0.538. The molecule has 1 aliphatic carbocycles. The summed E-state index contributed by atoms with van der Waals surface area (Å²) >= 11 is 11.2. The van der Waals surface area contributed by atoms with Gasteiger partial charge in [0, 0.05) is 12.5 Å². The lowest BCUT2D eigenvalue weighted by Crippen LogP contribution is -2.14. The summed E-state index contributed by atoms with van der Waals surface area (Å²) in [7, 11) is 1.86. The summed E-state index contributed by atoms with van der Waals surface area (Å²) in [6.45, 7) is 0. The second-order valence-corrected chi connectivity index (χ2v) is 3.35. The molecule has 0 amide bonds.